The second kappa shape index (κ2) is 6.95. The maximum Gasteiger partial charge on any atom is 0.201 e. The van der Waals surface area contributed by atoms with E-state index in [4.69, 9.17) is 11.0 Å². The van der Waals surface area contributed by atoms with Crippen LogP contribution in [0.5, 0.6) is 0 Å². The molecule has 8 heteroatoms. The fraction of sp³-hybridized carbons (Fsp3) is 0.190. The van der Waals surface area contributed by atoms with Crippen molar-refractivity contribution in [3.05, 3.63) is 82.9 Å². The van der Waals surface area contributed by atoms with Crippen LogP contribution in [0.4, 0.5) is 4.39 Å². The van der Waals surface area contributed by atoms with Crippen LogP contribution < -0.4 is 5.73 Å². The average Bonchev–Trinajstić information content (AvgIpc) is 3.18. The van der Waals surface area contributed by atoms with Gasteiger partial charge in [-0.2, -0.15) is 5.26 Å². The normalized spacial score (nSPS) is 17.9. The standard InChI is InChI=1S/C21H17FN6O/c1-21(8-15-11-25-12-28(15)20(24)27-21)16-6-13(2-4-17(16)22)7-19(29)18-5-3-14(9-23)10-26-18/h2-6,10-12H,7-8H2,1H3,(H2,24,27). The number of aliphatic imine (C=N–C) groups is 1. The van der Waals surface area contributed by atoms with E-state index in [0.29, 0.717) is 23.1 Å². The molecule has 2 aromatic heterocycles. The zero-order valence-corrected chi connectivity index (χ0v) is 15.6. The number of rotatable bonds is 4. The van der Waals surface area contributed by atoms with Crippen molar-refractivity contribution in [1.82, 2.24) is 14.5 Å². The molecule has 1 aliphatic rings. The van der Waals surface area contributed by atoms with Gasteiger partial charge in [-0.3, -0.25) is 14.3 Å². The van der Waals surface area contributed by atoms with Gasteiger partial charge in [0.1, 0.15) is 23.9 Å². The van der Waals surface area contributed by atoms with E-state index in [1.54, 1.807) is 35.3 Å². The average molecular weight is 388 g/mol. The molecular formula is C21H17FN6O. The molecule has 0 aliphatic carbocycles. The van der Waals surface area contributed by atoms with Crippen molar-refractivity contribution in [2.24, 2.45) is 10.7 Å². The Labute approximate surface area is 166 Å². The summed E-state index contributed by atoms with van der Waals surface area (Å²) in [7, 11) is 0. The lowest BCUT2D eigenvalue weighted by Gasteiger charge is -2.31. The van der Waals surface area contributed by atoms with E-state index in [9.17, 15) is 9.18 Å². The first-order chi connectivity index (χ1) is 13.9. The number of nitriles is 1. The Bertz CT molecular complexity index is 1170. The van der Waals surface area contributed by atoms with Crippen molar-refractivity contribution in [3.8, 4) is 6.07 Å². The molecule has 0 radical (unpaired) electrons. The molecule has 0 bridgehead atoms. The van der Waals surface area contributed by atoms with Gasteiger partial charge in [0.2, 0.25) is 5.96 Å². The second-order valence-electron chi connectivity index (χ2n) is 7.13. The third kappa shape index (κ3) is 3.38. The molecule has 4 rings (SSSR count). The zero-order chi connectivity index (χ0) is 20.6. The number of hydrogen-bond acceptors (Lipinski definition) is 6. The number of pyridine rings is 1. The number of benzene rings is 1. The largest absolute Gasteiger partial charge is 0.369 e. The number of carbonyl (C=O) groups excluding carboxylic acids is 1. The van der Waals surface area contributed by atoms with Crippen molar-refractivity contribution in [3.63, 3.8) is 0 Å². The third-order valence-corrected chi connectivity index (χ3v) is 5.00. The van der Waals surface area contributed by atoms with Crippen molar-refractivity contribution < 1.29 is 9.18 Å². The number of fused-ring (bicyclic) bond motifs is 1. The maximum absolute atomic E-state index is 14.7. The molecule has 0 fully saturated rings. The van der Waals surface area contributed by atoms with Crippen molar-refractivity contribution >= 4 is 11.7 Å². The Morgan fingerprint density at radius 3 is 2.90 bits per heavy atom. The molecule has 1 atom stereocenters. The number of aromatic nitrogens is 3. The first-order valence-electron chi connectivity index (χ1n) is 8.95. The van der Waals surface area contributed by atoms with Crippen LogP contribution in [0, 0.1) is 17.1 Å². The van der Waals surface area contributed by atoms with Crippen LogP contribution in [-0.2, 0) is 18.4 Å². The lowest BCUT2D eigenvalue weighted by Crippen LogP contribution is -2.37. The number of imidazole rings is 1. The Kier molecular flexibility index (Phi) is 4.43. The highest BCUT2D eigenvalue weighted by atomic mass is 19.1. The fourth-order valence-electron chi connectivity index (χ4n) is 3.51. The monoisotopic (exact) mass is 388 g/mol. The number of carbonyl (C=O) groups is 1. The molecule has 29 heavy (non-hydrogen) atoms. The van der Waals surface area contributed by atoms with Gasteiger partial charge in [0.25, 0.3) is 0 Å². The Hall–Kier alpha value is -3.86. The summed E-state index contributed by atoms with van der Waals surface area (Å²) in [4.78, 5) is 25.2. The first-order valence-corrected chi connectivity index (χ1v) is 8.95. The number of nitrogens with two attached hydrogens (primary N) is 1. The molecule has 0 amide bonds. The summed E-state index contributed by atoms with van der Waals surface area (Å²) in [5.41, 5.74) is 7.61. The van der Waals surface area contributed by atoms with Crippen LogP contribution in [0.2, 0.25) is 0 Å². The molecular weight excluding hydrogens is 371 g/mol. The molecule has 0 saturated carbocycles. The molecule has 1 aromatic carbocycles. The quantitative estimate of drug-likeness (QED) is 0.690. The summed E-state index contributed by atoms with van der Waals surface area (Å²) in [6.45, 7) is 1.81. The minimum absolute atomic E-state index is 0.0549. The van der Waals surface area contributed by atoms with Crippen molar-refractivity contribution in [2.45, 2.75) is 25.3 Å². The maximum atomic E-state index is 14.7. The van der Waals surface area contributed by atoms with E-state index < -0.39 is 11.4 Å². The van der Waals surface area contributed by atoms with E-state index >= 15 is 0 Å². The number of ketones is 1. The number of hydrogen-bond donors (Lipinski definition) is 1. The van der Waals surface area contributed by atoms with E-state index in [-0.39, 0.29) is 23.9 Å². The van der Waals surface area contributed by atoms with Crippen LogP contribution in [-0.4, -0.2) is 26.3 Å². The Balaban J connectivity index is 1.63. The van der Waals surface area contributed by atoms with E-state index in [1.165, 1.54) is 18.3 Å². The lowest BCUT2D eigenvalue weighted by molar-refractivity contribution is 0.0988. The highest BCUT2D eigenvalue weighted by Crippen LogP contribution is 2.34. The second-order valence-corrected chi connectivity index (χ2v) is 7.13. The summed E-state index contributed by atoms with van der Waals surface area (Å²) in [5, 5.41) is 8.84. The predicted octanol–water partition coefficient (Wildman–Crippen LogP) is 2.35. The van der Waals surface area contributed by atoms with Gasteiger partial charge in [-0.05, 0) is 36.8 Å². The summed E-state index contributed by atoms with van der Waals surface area (Å²) in [6.07, 6.45) is 5.09. The molecule has 2 N–H and O–H groups in total. The Morgan fingerprint density at radius 1 is 1.34 bits per heavy atom. The van der Waals surface area contributed by atoms with Crippen LogP contribution in [0.15, 0.2) is 54.0 Å². The van der Waals surface area contributed by atoms with Crippen molar-refractivity contribution in [2.75, 3.05) is 0 Å². The topological polar surface area (TPSA) is 110 Å². The molecule has 0 saturated heterocycles. The van der Waals surface area contributed by atoms with Gasteiger partial charge in [-0.1, -0.05) is 6.07 Å². The van der Waals surface area contributed by atoms with Gasteiger partial charge in [-0.15, -0.1) is 0 Å². The zero-order valence-electron chi connectivity index (χ0n) is 15.6. The molecule has 3 aromatic rings. The van der Waals surface area contributed by atoms with Gasteiger partial charge >= 0.3 is 0 Å². The molecule has 3 heterocycles. The smallest absolute Gasteiger partial charge is 0.201 e. The summed E-state index contributed by atoms with van der Waals surface area (Å²) in [6, 6.07) is 9.58. The van der Waals surface area contributed by atoms with Gasteiger partial charge in [-0.25, -0.2) is 14.4 Å². The minimum atomic E-state index is -0.907. The molecule has 1 unspecified atom stereocenters. The highest BCUT2D eigenvalue weighted by molar-refractivity contribution is 5.95. The summed E-state index contributed by atoms with van der Waals surface area (Å²) in [5.74, 6) is -0.388. The predicted molar refractivity (Wildman–Crippen MR) is 104 cm³/mol. The number of halogens is 1. The van der Waals surface area contributed by atoms with E-state index in [1.807, 2.05) is 13.0 Å². The minimum Gasteiger partial charge on any atom is -0.369 e. The molecule has 1 aliphatic heterocycles. The van der Waals surface area contributed by atoms with Crippen LogP contribution in [0.1, 0.15) is 39.8 Å². The van der Waals surface area contributed by atoms with E-state index in [0.717, 1.165) is 5.69 Å². The number of Topliss-reactive ketones (excluding diaryl/α,β-unsaturated/α-hetero) is 1. The van der Waals surface area contributed by atoms with Gasteiger partial charge in [0, 0.05) is 36.5 Å². The van der Waals surface area contributed by atoms with Crippen molar-refractivity contribution in [1.29, 1.82) is 5.26 Å². The third-order valence-electron chi connectivity index (χ3n) is 5.00. The lowest BCUT2D eigenvalue weighted by atomic mass is 9.85. The van der Waals surface area contributed by atoms with Crippen LogP contribution in [0.25, 0.3) is 0 Å². The van der Waals surface area contributed by atoms with Gasteiger partial charge < -0.3 is 5.73 Å². The first kappa shape index (κ1) is 18.5. The fourth-order valence-corrected chi connectivity index (χ4v) is 3.51. The SMILES string of the molecule is CC1(c2cc(CC(=O)c3ccc(C#N)cn3)ccc2F)Cc2cncn2C(N)=N1. The van der Waals surface area contributed by atoms with Crippen LogP contribution in [0.3, 0.4) is 0 Å². The Morgan fingerprint density at radius 2 is 2.17 bits per heavy atom. The molecule has 0 spiro atoms. The molecule has 7 nitrogen and oxygen atoms in total. The summed E-state index contributed by atoms with van der Waals surface area (Å²) >= 11 is 0. The highest BCUT2D eigenvalue weighted by Gasteiger charge is 2.35. The van der Waals surface area contributed by atoms with Crippen LogP contribution >= 0.6 is 0 Å². The van der Waals surface area contributed by atoms with E-state index in [2.05, 4.69) is 15.0 Å². The van der Waals surface area contributed by atoms with Gasteiger partial charge in [0.15, 0.2) is 5.78 Å². The van der Waals surface area contributed by atoms with Gasteiger partial charge in [0.05, 0.1) is 11.1 Å². The molecule has 144 valence electrons. The number of nitrogens with zero attached hydrogens (tertiary/aromatic N) is 5. The summed E-state index contributed by atoms with van der Waals surface area (Å²) < 4.78 is 16.4.